The number of allylic oxidation sites excluding steroid dienone is 2. The van der Waals surface area contributed by atoms with Crippen molar-refractivity contribution in [3.8, 4) is 11.5 Å². The van der Waals surface area contributed by atoms with Gasteiger partial charge in [0, 0.05) is 20.3 Å². The average molecular weight is 588 g/mol. The number of hydrogen-bond donors (Lipinski definition) is 1. The second-order valence-corrected chi connectivity index (χ2v) is 9.70. The largest absolute Gasteiger partial charge is 0.463 e. The summed E-state index contributed by atoms with van der Waals surface area (Å²) < 4.78 is 28.9. The Morgan fingerprint density at radius 1 is 1.05 bits per heavy atom. The van der Waals surface area contributed by atoms with Crippen molar-refractivity contribution >= 4 is 24.0 Å². The van der Waals surface area contributed by atoms with Gasteiger partial charge in [-0.15, -0.1) is 0 Å². The smallest absolute Gasteiger partial charge is 0.338 e. The molecule has 3 heterocycles. The number of nitrogens with one attached hydrogen (secondary N) is 1. The summed E-state index contributed by atoms with van der Waals surface area (Å²) in [6.07, 6.45) is 2.70. The molecule has 2 aromatic carbocycles. The van der Waals surface area contributed by atoms with Crippen LogP contribution in [0.2, 0.25) is 0 Å². The van der Waals surface area contributed by atoms with Crippen LogP contribution in [-0.2, 0) is 35.0 Å². The minimum absolute atomic E-state index is 0.00339. The van der Waals surface area contributed by atoms with Crippen LogP contribution in [0.15, 0.2) is 81.6 Å². The molecule has 0 aliphatic carbocycles. The minimum atomic E-state index is -1.01. The van der Waals surface area contributed by atoms with E-state index in [1.807, 2.05) is 30.3 Å². The number of nitrogens with zero attached hydrogens (tertiary/aromatic N) is 2. The molecule has 1 aromatic heterocycles. The number of aromatic nitrogens is 2. The second kappa shape index (κ2) is 12.2. The Morgan fingerprint density at radius 2 is 1.77 bits per heavy atom. The lowest BCUT2D eigenvalue weighted by Gasteiger charge is -2.24. The van der Waals surface area contributed by atoms with Gasteiger partial charge in [0.25, 0.3) is 5.56 Å². The minimum Gasteiger partial charge on any atom is -0.463 e. The number of benzene rings is 2. The van der Waals surface area contributed by atoms with Crippen LogP contribution < -0.4 is 26.0 Å². The maximum absolute atomic E-state index is 13.9. The normalized spacial score (nSPS) is 17.7. The molecule has 0 saturated heterocycles. The van der Waals surface area contributed by atoms with Crippen molar-refractivity contribution in [2.24, 2.45) is 4.99 Å². The number of hydrogen-bond acceptors (Lipinski definition) is 10. The molecule has 5 rings (SSSR count). The molecular weight excluding hydrogens is 558 g/mol. The van der Waals surface area contributed by atoms with Crippen LogP contribution >= 0.6 is 0 Å². The van der Waals surface area contributed by atoms with Crippen molar-refractivity contribution in [2.75, 3.05) is 6.61 Å². The fourth-order valence-electron chi connectivity index (χ4n) is 4.79. The van der Waals surface area contributed by atoms with Crippen LogP contribution in [0.5, 0.6) is 11.5 Å². The fourth-order valence-corrected chi connectivity index (χ4v) is 4.79. The van der Waals surface area contributed by atoms with Crippen LogP contribution in [0.25, 0.3) is 6.08 Å². The van der Waals surface area contributed by atoms with Gasteiger partial charge in [0.05, 0.1) is 17.9 Å². The molecule has 12 nitrogen and oxygen atoms in total. The molecule has 2 unspecified atom stereocenters. The summed E-state index contributed by atoms with van der Waals surface area (Å²) in [6, 6.07) is 13.1. The Labute approximate surface area is 245 Å². The predicted molar refractivity (Wildman–Crippen MR) is 151 cm³/mol. The van der Waals surface area contributed by atoms with Gasteiger partial charge in [-0.05, 0) is 43.2 Å². The molecule has 2 aliphatic heterocycles. The number of imidazole rings is 1. The highest BCUT2D eigenvalue weighted by Gasteiger charge is 2.39. The number of carbonyl (C=O) groups is 3. The zero-order valence-corrected chi connectivity index (χ0v) is 23.9. The third kappa shape index (κ3) is 6.27. The maximum atomic E-state index is 13.9. The molecule has 0 spiro atoms. The first kappa shape index (κ1) is 29.1. The van der Waals surface area contributed by atoms with Gasteiger partial charge in [0.2, 0.25) is 11.9 Å². The van der Waals surface area contributed by atoms with E-state index in [-0.39, 0.29) is 40.4 Å². The monoisotopic (exact) mass is 587 g/mol. The summed E-state index contributed by atoms with van der Waals surface area (Å²) in [4.78, 5) is 57.6. The van der Waals surface area contributed by atoms with Gasteiger partial charge < -0.3 is 28.7 Å². The Morgan fingerprint density at radius 3 is 2.47 bits per heavy atom. The number of rotatable bonds is 8. The van der Waals surface area contributed by atoms with Crippen LogP contribution in [0.1, 0.15) is 44.9 Å². The molecule has 3 aromatic rings. The molecule has 1 N–H and O–H groups in total. The van der Waals surface area contributed by atoms with E-state index >= 15 is 0 Å². The zero-order valence-electron chi connectivity index (χ0n) is 23.9. The predicted octanol–water partition coefficient (Wildman–Crippen LogP) is 2.32. The molecule has 0 saturated carbocycles. The lowest BCUT2D eigenvalue weighted by Crippen LogP contribution is -2.40. The zero-order chi connectivity index (χ0) is 30.7. The van der Waals surface area contributed by atoms with Crippen molar-refractivity contribution < 1.29 is 38.1 Å². The van der Waals surface area contributed by atoms with Crippen LogP contribution in [-0.4, -0.2) is 40.4 Å². The molecule has 0 radical (unpaired) electrons. The van der Waals surface area contributed by atoms with Crippen LogP contribution in [0.3, 0.4) is 0 Å². The number of H-pyrrole nitrogens is 1. The molecule has 43 heavy (non-hydrogen) atoms. The van der Waals surface area contributed by atoms with Gasteiger partial charge in [0.1, 0.15) is 17.7 Å². The van der Waals surface area contributed by atoms with E-state index in [4.69, 9.17) is 23.7 Å². The molecular formula is C31H29N3O9. The van der Waals surface area contributed by atoms with Gasteiger partial charge >= 0.3 is 17.9 Å². The molecule has 12 heteroatoms. The number of aromatic amines is 1. The topological polar surface area (TPSA) is 148 Å². The first-order valence-electron chi connectivity index (χ1n) is 13.5. The van der Waals surface area contributed by atoms with Gasteiger partial charge in [-0.25, -0.2) is 9.79 Å². The summed E-state index contributed by atoms with van der Waals surface area (Å²) in [5, 5.41) is 0.121. The van der Waals surface area contributed by atoms with Gasteiger partial charge in [-0.1, -0.05) is 36.4 Å². The third-order valence-corrected chi connectivity index (χ3v) is 6.52. The highest BCUT2D eigenvalue weighted by Crippen LogP contribution is 2.35. The van der Waals surface area contributed by atoms with Crippen molar-refractivity contribution in [3.63, 3.8) is 0 Å². The van der Waals surface area contributed by atoms with Crippen molar-refractivity contribution in [1.29, 1.82) is 0 Å². The molecule has 0 fully saturated rings. The fraction of sp³-hybridized carbons (Fsp3) is 0.258. The highest BCUT2D eigenvalue weighted by molar-refractivity contribution is 5.91. The van der Waals surface area contributed by atoms with E-state index in [1.165, 1.54) is 42.9 Å². The van der Waals surface area contributed by atoms with E-state index in [0.717, 1.165) is 5.56 Å². The van der Waals surface area contributed by atoms with E-state index < -0.39 is 35.8 Å². The first-order valence-corrected chi connectivity index (χ1v) is 13.5. The number of carbonyl (C=O) groups excluding carboxylic acids is 3. The molecule has 2 aliphatic rings. The third-order valence-electron chi connectivity index (χ3n) is 6.52. The second-order valence-electron chi connectivity index (χ2n) is 9.70. The summed E-state index contributed by atoms with van der Waals surface area (Å²) in [7, 11) is 0. The summed E-state index contributed by atoms with van der Waals surface area (Å²) >= 11 is 0. The van der Waals surface area contributed by atoms with E-state index in [0.29, 0.717) is 17.7 Å². The Kier molecular flexibility index (Phi) is 8.28. The Bertz CT molecular complexity index is 1830. The number of esters is 3. The number of fused-ring (bicyclic) bond motifs is 1. The first-order chi connectivity index (χ1) is 20.6. The van der Waals surface area contributed by atoms with E-state index in [9.17, 15) is 19.2 Å². The van der Waals surface area contributed by atoms with Crippen LogP contribution in [0, 0.1) is 0 Å². The van der Waals surface area contributed by atoms with E-state index in [2.05, 4.69) is 9.98 Å². The van der Waals surface area contributed by atoms with E-state index in [1.54, 1.807) is 19.9 Å². The van der Waals surface area contributed by atoms with Gasteiger partial charge in [-0.3, -0.25) is 19.0 Å². The summed E-state index contributed by atoms with van der Waals surface area (Å²) in [5.74, 6) is -1.55. The van der Waals surface area contributed by atoms with Crippen molar-refractivity contribution in [2.45, 2.75) is 46.4 Å². The SMILES string of the molecule is CCOC(=O)C1=C(C)N=c2[nH]c(=Cc3ccc(OC(C)=O)c(OC(C)=O)c3)c(=O)n2C1C1=COC(Cc2ccccc2)O1. The van der Waals surface area contributed by atoms with Gasteiger partial charge in [0.15, 0.2) is 17.3 Å². The average Bonchev–Trinajstić information content (AvgIpc) is 3.53. The lowest BCUT2D eigenvalue weighted by molar-refractivity contribution is -0.139. The Hall–Kier alpha value is -5.39. The summed E-state index contributed by atoms with van der Waals surface area (Å²) in [6.45, 7) is 5.89. The quantitative estimate of drug-likeness (QED) is 0.310. The van der Waals surface area contributed by atoms with Crippen molar-refractivity contribution in [3.05, 3.63) is 104 Å². The molecule has 222 valence electrons. The van der Waals surface area contributed by atoms with Crippen LogP contribution in [0.4, 0.5) is 0 Å². The molecule has 2 atom stereocenters. The molecule has 0 bridgehead atoms. The lowest BCUT2D eigenvalue weighted by atomic mass is 10.0. The maximum Gasteiger partial charge on any atom is 0.338 e. The molecule has 0 amide bonds. The van der Waals surface area contributed by atoms with Gasteiger partial charge in [-0.2, -0.15) is 0 Å². The standard InChI is InChI=1S/C31H29N3O9/c1-5-39-30(38)27-17(2)32-31-33-22(13-21-11-12-23(41-18(3)35)24(14-21)42-19(4)36)29(37)34(31)28(27)25-16-40-26(43-25)15-20-9-7-6-8-10-20/h6-14,16,26,28H,5,15H2,1-4H3,(H,32,33). The Balaban J connectivity index is 1.56. The highest BCUT2D eigenvalue weighted by atomic mass is 16.7. The number of ether oxygens (including phenoxy) is 5. The summed E-state index contributed by atoms with van der Waals surface area (Å²) in [5.41, 5.74) is 1.60. The van der Waals surface area contributed by atoms with Crippen molar-refractivity contribution in [1.82, 2.24) is 9.55 Å².